The number of aliphatic hydroxyl groups is 3. The van der Waals surface area contributed by atoms with Crippen LogP contribution in [0.2, 0.25) is 0 Å². The molecule has 2 rings (SSSR count). The van der Waals surface area contributed by atoms with Crippen molar-refractivity contribution in [1.29, 1.82) is 0 Å². The van der Waals surface area contributed by atoms with Crippen LogP contribution in [0.1, 0.15) is 10.4 Å². The van der Waals surface area contributed by atoms with Crippen LogP contribution in [0.25, 0.3) is 0 Å². The van der Waals surface area contributed by atoms with Gasteiger partial charge in [-0.05, 0) is 12.1 Å². The van der Waals surface area contributed by atoms with E-state index in [1.807, 2.05) is 0 Å². The fraction of sp³-hybridized carbons (Fsp3) is 0.500. The number of carbonyl (C=O) groups excluding carboxylic acids is 1. The van der Waals surface area contributed by atoms with Gasteiger partial charge in [-0.15, -0.1) is 0 Å². The number of nitro groups is 1. The van der Waals surface area contributed by atoms with E-state index in [2.05, 4.69) is 5.32 Å². The minimum atomic E-state index is -1.48. The lowest BCUT2D eigenvalue weighted by Gasteiger charge is -2.39. The average molecular weight is 342 g/mol. The highest BCUT2D eigenvalue weighted by atomic mass is 16.7. The first-order chi connectivity index (χ1) is 11.3. The van der Waals surface area contributed by atoms with Crippen molar-refractivity contribution >= 4 is 11.6 Å². The Balaban J connectivity index is 1.96. The van der Waals surface area contributed by atoms with Gasteiger partial charge in [0.05, 0.1) is 4.92 Å². The molecule has 0 bridgehead atoms. The average Bonchev–Trinajstić information content (AvgIpc) is 2.59. The fourth-order valence-corrected chi connectivity index (χ4v) is 2.31. The van der Waals surface area contributed by atoms with E-state index < -0.39 is 41.5 Å². The molecule has 1 aliphatic rings. The molecule has 0 radical (unpaired) electrons. The number of nitrogens with one attached hydrogen (secondary N) is 1. The Kier molecular flexibility index (Phi) is 5.80. The van der Waals surface area contributed by atoms with Crippen LogP contribution in [0.5, 0.6) is 0 Å². The van der Waals surface area contributed by atoms with Crippen LogP contribution in [-0.4, -0.2) is 70.5 Å². The Labute approximate surface area is 136 Å². The minimum Gasteiger partial charge on any atom is -0.388 e. The summed E-state index contributed by atoms with van der Waals surface area (Å²) in [6.07, 6.45) is -6.43. The van der Waals surface area contributed by atoms with Gasteiger partial charge in [0.15, 0.2) is 6.29 Å². The molecule has 132 valence electrons. The number of ether oxygens (including phenoxy) is 2. The second-order valence-electron chi connectivity index (χ2n) is 5.26. The minimum absolute atomic E-state index is 0.141. The number of nitrogens with zero attached hydrogens (tertiary/aromatic N) is 1. The van der Waals surface area contributed by atoms with Crippen LogP contribution in [-0.2, 0) is 9.47 Å². The Hall–Kier alpha value is -2.11. The maximum atomic E-state index is 12.0. The number of hydrogen-bond acceptors (Lipinski definition) is 8. The van der Waals surface area contributed by atoms with Crippen molar-refractivity contribution in [1.82, 2.24) is 5.32 Å². The summed E-state index contributed by atoms with van der Waals surface area (Å²) in [5.41, 5.74) is 0.0485. The van der Waals surface area contributed by atoms with E-state index >= 15 is 0 Å². The molecule has 0 spiro atoms. The number of rotatable bonds is 5. The summed E-state index contributed by atoms with van der Waals surface area (Å²) < 4.78 is 10.1. The normalized spacial score (nSPS) is 29.9. The number of amides is 1. The van der Waals surface area contributed by atoms with Crippen LogP contribution in [0.4, 0.5) is 5.69 Å². The molecule has 24 heavy (non-hydrogen) atoms. The number of carbonyl (C=O) groups is 1. The zero-order chi connectivity index (χ0) is 17.9. The summed E-state index contributed by atoms with van der Waals surface area (Å²) in [5, 5.41) is 42.3. The molecule has 10 heteroatoms. The van der Waals surface area contributed by atoms with E-state index in [0.717, 1.165) is 0 Å². The van der Waals surface area contributed by atoms with Gasteiger partial charge >= 0.3 is 0 Å². The predicted octanol–water partition coefficient (Wildman–Crippen LogP) is -1.22. The second-order valence-corrected chi connectivity index (χ2v) is 5.26. The van der Waals surface area contributed by atoms with Crippen LogP contribution >= 0.6 is 0 Å². The number of non-ortho nitro benzene ring substituents is 1. The molecule has 4 N–H and O–H groups in total. The van der Waals surface area contributed by atoms with Crippen molar-refractivity contribution in [3.8, 4) is 0 Å². The number of methoxy groups -OCH3 is 1. The molecule has 1 aliphatic heterocycles. The van der Waals surface area contributed by atoms with E-state index in [1.165, 1.54) is 31.4 Å². The lowest BCUT2D eigenvalue weighted by molar-refractivity contribution is -0.384. The van der Waals surface area contributed by atoms with E-state index in [0.29, 0.717) is 0 Å². The summed E-state index contributed by atoms with van der Waals surface area (Å²) in [4.78, 5) is 22.0. The zero-order valence-corrected chi connectivity index (χ0v) is 12.7. The summed E-state index contributed by atoms with van der Waals surface area (Å²) >= 11 is 0. The lowest BCUT2D eigenvalue weighted by Crippen LogP contribution is -2.60. The summed E-state index contributed by atoms with van der Waals surface area (Å²) in [6.45, 7) is -0.152. The summed E-state index contributed by atoms with van der Waals surface area (Å²) in [6, 6.07) is 4.98. The molecule has 5 atom stereocenters. The Bertz CT molecular complexity index is 591. The van der Waals surface area contributed by atoms with Gasteiger partial charge in [-0.3, -0.25) is 14.9 Å². The standard InChI is InChI=1S/C14H18N2O8/c1-23-14-12(19)11(18)10(17)9(24-14)6-15-13(20)7-2-4-8(5-3-7)16(21)22/h2-5,9-12,14,17-19H,6H2,1H3,(H,15,20)/t9-,10-,11?,12+,14?/m1/s1. The van der Waals surface area contributed by atoms with Crippen molar-refractivity contribution in [3.05, 3.63) is 39.9 Å². The third kappa shape index (κ3) is 3.86. The first kappa shape index (κ1) is 18.2. The van der Waals surface area contributed by atoms with E-state index in [4.69, 9.17) is 9.47 Å². The Morgan fingerprint density at radius 1 is 1.25 bits per heavy atom. The molecular formula is C14H18N2O8. The third-order valence-electron chi connectivity index (χ3n) is 3.70. The van der Waals surface area contributed by atoms with Crippen LogP contribution in [0, 0.1) is 10.1 Å². The molecule has 0 aromatic heterocycles. The Morgan fingerprint density at radius 2 is 1.88 bits per heavy atom. The lowest BCUT2D eigenvalue weighted by atomic mass is 9.99. The maximum absolute atomic E-state index is 12.0. The molecule has 0 aliphatic carbocycles. The van der Waals surface area contributed by atoms with Gasteiger partial charge in [0.2, 0.25) is 0 Å². The molecule has 1 fully saturated rings. The number of hydrogen-bond donors (Lipinski definition) is 4. The summed E-state index contributed by atoms with van der Waals surface area (Å²) in [7, 11) is 1.27. The highest BCUT2D eigenvalue weighted by Gasteiger charge is 2.43. The molecule has 10 nitrogen and oxygen atoms in total. The molecule has 1 heterocycles. The van der Waals surface area contributed by atoms with Gasteiger partial charge in [0.25, 0.3) is 11.6 Å². The number of aliphatic hydroxyl groups excluding tert-OH is 3. The van der Waals surface area contributed by atoms with Gasteiger partial charge in [0.1, 0.15) is 24.4 Å². The molecule has 0 saturated carbocycles. The smallest absolute Gasteiger partial charge is 0.269 e. The maximum Gasteiger partial charge on any atom is 0.269 e. The highest BCUT2D eigenvalue weighted by Crippen LogP contribution is 2.21. The second kappa shape index (κ2) is 7.64. The highest BCUT2D eigenvalue weighted by molar-refractivity contribution is 5.94. The molecule has 1 saturated heterocycles. The van der Waals surface area contributed by atoms with Crippen molar-refractivity contribution in [2.45, 2.75) is 30.7 Å². The van der Waals surface area contributed by atoms with E-state index in [1.54, 1.807) is 0 Å². The van der Waals surface area contributed by atoms with Gasteiger partial charge in [-0.25, -0.2) is 0 Å². The molecular weight excluding hydrogens is 324 g/mol. The largest absolute Gasteiger partial charge is 0.388 e. The molecule has 1 amide bonds. The monoisotopic (exact) mass is 342 g/mol. The first-order valence-corrected chi connectivity index (χ1v) is 7.10. The number of benzene rings is 1. The molecule has 1 aromatic rings. The van der Waals surface area contributed by atoms with Crippen molar-refractivity contribution in [2.75, 3.05) is 13.7 Å². The predicted molar refractivity (Wildman–Crippen MR) is 79.1 cm³/mol. The van der Waals surface area contributed by atoms with E-state index in [9.17, 15) is 30.2 Å². The molecule has 1 aromatic carbocycles. The quantitative estimate of drug-likeness (QED) is 0.384. The van der Waals surface area contributed by atoms with Crippen LogP contribution in [0.15, 0.2) is 24.3 Å². The Morgan fingerprint density at radius 3 is 2.42 bits per heavy atom. The number of nitro benzene ring substituents is 1. The van der Waals surface area contributed by atoms with Crippen LogP contribution in [0.3, 0.4) is 0 Å². The van der Waals surface area contributed by atoms with Gasteiger partial charge in [0, 0.05) is 31.4 Å². The summed E-state index contributed by atoms with van der Waals surface area (Å²) in [5.74, 6) is -0.532. The van der Waals surface area contributed by atoms with Crippen molar-refractivity contribution in [3.63, 3.8) is 0 Å². The SMILES string of the molecule is COC1O[C@H](CNC(=O)c2ccc([N+](=O)[O-])cc2)[C@@H](O)C(O)[C@@H]1O. The van der Waals surface area contributed by atoms with Crippen molar-refractivity contribution in [2.24, 2.45) is 0 Å². The van der Waals surface area contributed by atoms with Gasteiger partial charge < -0.3 is 30.1 Å². The molecule has 2 unspecified atom stereocenters. The van der Waals surface area contributed by atoms with Gasteiger partial charge in [-0.1, -0.05) is 0 Å². The fourth-order valence-electron chi connectivity index (χ4n) is 2.31. The van der Waals surface area contributed by atoms with E-state index in [-0.39, 0.29) is 17.8 Å². The van der Waals surface area contributed by atoms with Crippen LogP contribution < -0.4 is 5.32 Å². The third-order valence-corrected chi connectivity index (χ3v) is 3.70. The first-order valence-electron chi connectivity index (χ1n) is 7.10. The van der Waals surface area contributed by atoms with Gasteiger partial charge in [-0.2, -0.15) is 0 Å². The zero-order valence-electron chi connectivity index (χ0n) is 12.7. The topological polar surface area (TPSA) is 151 Å². The van der Waals surface area contributed by atoms with Crippen molar-refractivity contribution < 1.29 is 34.5 Å².